The first-order chi connectivity index (χ1) is 44.9. The molecule has 0 bridgehead atoms. The van der Waals surface area contributed by atoms with Crippen LogP contribution in [-0.2, 0) is 76.5 Å². The average molecular weight is 1330 g/mol. The van der Waals surface area contributed by atoms with E-state index in [1.165, 1.54) is 0 Å². The Hall–Kier alpha value is -11.7. The number of rotatable bonds is 16. The highest BCUT2D eigenvalue weighted by molar-refractivity contribution is 6.01. The predicted molar refractivity (Wildman–Crippen MR) is 335 cm³/mol. The lowest BCUT2D eigenvalue weighted by Crippen LogP contribution is -2.44. The monoisotopic (exact) mass is 1320 g/mol. The third-order valence-electron chi connectivity index (χ3n) is 16.0. The van der Waals surface area contributed by atoms with Crippen molar-refractivity contribution in [3.63, 3.8) is 0 Å². The minimum absolute atomic E-state index is 0.0914. The van der Waals surface area contributed by atoms with Crippen molar-refractivity contribution in [1.82, 2.24) is 19.6 Å². The van der Waals surface area contributed by atoms with Gasteiger partial charge in [-0.05, 0) is 95.3 Å². The lowest BCUT2D eigenvalue weighted by Gasteiger charge is -2.37. The van der Waals surface area contributed by atoms with Crippen LogP contribution in [-0.4, -0.2) is 117 Å². The van der Waals surface area contributed by atoms with E-state index in [9.17, 15) is 83.8 Å². The van der Waals surface area contributed by atoms with E-state index in [4.69, 9.17) is 38.7 Å². The second kappa shape index (κ2) is 30.6. The van der Waals surface area contributed by atoms with Crippen LogP contribution in [0.3, 0.4) is 0 Å². The highest BCUT2D eigenvalue weighted by Crippen LogP contribution is 2.49. The number of hydrogen-bond acceptors (Lipinski definition) is 21. The topological polar surface area (TPSA) is 387 Å². The zero-order chi connectivity index (χ0) is 73.9. The van der Waals surface area contributed by atoms with E-state index in [0.717, 1.165) is 55.4 Å². The van der Waals surface area contributed by atoms with Crippen molar-refractivity contribution in [2.75, 3.05) is 26.4 Å². The molecule has 0 aliphatic heterocycles. The Kier molecular flexibility index (Phi) is 24.5. The Morgan fingerprint density at radius 1 is 0.381 bits per heavy atom. The average Bonchev–Trinajstić information content (AvgIpc) is 0.791. The summed E-state index contributed by atoms with van der Waals surface area (Å²) in [7, 11) is 0. The van der Waals surface area contributed by atoms with E-state index >= 15 is 0 Å². The minimum atomic E-state index is -2.63. The minimum Gasteiger partial charge on any atom is -0.470 e. The van der Waals surface area contributed by atoms with Crippen molar-refractivity contribution in [3.8, 4) is 30.3 Å². The molecule has 0 spiro atoms. The molecule has 97 heavy (non-hydrogen) atoms. The summed E-state index contributed by atoms with van der Waals surface area (Å²) in [5, 5.41) is 53.7. The fourth-order valence-corrected chi connectivity index (χ4v) is 12.2. The molecule has 0 aromatic heterocycles. The number of amides is 8. The molecule has 0 saturated heterocycles. The van der Waals surface area contributed by atoms with Gasteiger partial charge >= 0.3 is 23.9 Å². The van der Waals surface area contributed by atoms with Gasteiger partial charge in [-0.3, -0.25) is 67.5 Å². The summed E-state index contributed by atoms with van der Waals surface area (Å²) < 4.78 is 23.5. The molecule has 0 aromatic carbocycles. The van der Waals surface area contributed by atoms with Gasteiger partial charge in [0.1, 0.15) is 67.3 Å². The van der Waals surface area contributed by atoms with Crippen LogP contribution in [0.1, 0.15) is 162 Å². The molecule has 28 nitrogen and oxygen atoms in total. The molecule has 0 radical (unpaired) electrons. The lowest BCUT2D eigenvalue weighted by atomic mass is 9.72. The van der Waals surface area contributed by atoms with Crippen molar-refractivity contribution in [2.45, 2.75) is 162 Å². The maximum absolute atomic E-state index is 14.9. The Morgan fingerprint density at radius 3 is 0.876 bits per heavy atom. The van der Waals surface area contributed by atoms with Crippen molar-refractivity contribution in [2.24, 2.45) is 27.1 Å². The van der Waals surface area contributed by atoms with Gasteiger partial charge in [0.25, 0.3) is 11.4 Å². The number of carbonyl (C=O) groups is 12. The molecule has 4 aliphatic rings. The third-order valence-corrected chi connectivity index (χ3v) is 16.0. The molecule has 0 fully saturated rings. The number of carbonyl (C=O) groups excluding carboxylic acids is 12. The largest absolute Gasteiger partial charge is 0.470 e. The second-order valence-corrected chi connectivity index (χ2v) is 26.9. The second-order valence-electron chi connectivity index (χ2n) is 26.9. The van der Waals surface area contributed by atoms with Gasteiger partial charge in [-0.15, -0.1) is 0 Å². The van der Waals surface area contributed by atoms with Crippen LogP contribution >= 0.6 is 0 Å². The molecule has 0 N–H and O–H groups in total. The molecule has 0 aromatic rings. The molecular formula is C69H72N12O16. The van der Waals surface area contributed by atoms with Crippen molar-refractivity contribution >= 4 is 71.1 Å². The maximum Gasteiger partial charge on any atom is 0.349 e. The van der Waals surface area contributed by atoms with Crippen LogP contribution in [0.5, 0.6) is 0 Å². The maximum atomic E-state index is 14.9. The molecule has 0 atom stereocenters. The number of hydrogen-bond donors (Lipinski definition) is 0. The first-order valence-corrected chi connectivity index (χ1v) is 29.9. The Balaban J connectivity index is 2.22. The van der Waals surface area contributed by atoms with Crippen LogP contribution < -0.4 is 0 Å². The van der Waals surface area contributed by atoms with Gasteiger partial charge in [-0.25, -0.2) is 24.1 Å². The quantitative estimate of drug-likeness (QED) is 0.0459. The smallest absolute Gasteiger partial charge is 0.349 e. The predicted octanol–water partition coefficient (Wildman–Crippen LogP) is 8.46. The number of nitriles is 5. The fourth-order valence-electron chi connectivity index (χ4n) is 12.2. The van der Waals surface area contributed by atoms with Gasteiger partial charge in [0.15, 0.2) is 5.70 Å². The Morgan fingerprint density at radius 2 is 0.619 bits per heavy atom. The van der Waals surface area contributed by atoms with Crippen LogP contribution in [0.15, 0.2) is 90.0 Å². The number of esters is 4. The number of ether oxygens (including phenoxy) is 4. The van der Waals surface area contributed by atoms with Gasteiger partial charge in [-0.2, -0.15) is 26.3 Å². The summed E-state index contributed by atoms with van der Waals surface area (Å²) in [6.07, 6.45) is -1.36. The van der Waals surface area contributed by atoms with Crippen LogP contribution in [0, 0.1) is 103 Å². The van der Waals surface area contributed by atoms with Crippen molar-refractivity contribution in [3.05, 3.63) is 124 Å². The van der Waals surface area contributed by atoms with Crippen LogP contribution in [0.2, 0.25) is 0 Å². The number of nitrogens with zero attached hydrogens (tertiary/aromatic N) is 12. The first-order valence-electron chi connectivity index (χ1n) is 29.9. The van der Waals surface area contributed by atoms with Gasteiger partial charge in [0.05, 0.1) is 42.5 Å². The highest BCUT2D eigenvalue weighted by atomic mass is 16.6. The number of imide groups is 4. The normalized spacial score (nSPS) is 18.8. The summed E-state index contributed by atoms with van der Waals surface area (Å²) in [5.74, 6) is -12.9. The van der Waals surface area contributed by atoms with E-state index in [-0.39, 0.29) is 96.4 Å². The molecule has 0 saturated carbocycles. The molecule has 4 aliphatic carbocycles. The molecule has 504 valence electrons. The highest BCUT2D eigenvalue weighted by Gasteiger charge is 2.46. The Bertz CT molecular complexity index is 3600. The van der Waals surface area contributed by atoms with E-state index in [1.54, 1.807) is 67.5 Å². The SMILES string of the molecule is [C-]#[N+]C1=C(N(C(C)=O)C(C)=O)CC(C)(C)C/C1=C(/[N+]#[C-])C(=O)OCC(COC(=O)/C(C#N)=C1\CC(C)(C)CC(N(C(C)=O)C(C)=O)=C1C#N)(COC(=O)/C(C#N)=C1\CC(C)(C)CC(N(C(C)=O)C(C)=O)=C1C#N)COC(=O)/C([N+]#[C-])=C1/CC(C)(C)CC(N(C(C)=O)C(C)=O)=C1C#N. The van der Waals surface area contributed by atoms with Crippen LogP contribution in [0.4, 0.5) is 0 Å². The summed E-state index contributed by atoms with van der Waals surface area (Å²) in [6, 6.07) is 9.06. The van der Waals surface area contributed by atoms with Gasteiger partial charge in [0, 0.05) is 78.2 Å². The zero-order valence-corrected chi connectivity index (χ0v) is 56.9. The Labute approximate surface area is 561 Å². The fraction of sp³-hybridized carbons (Fsp3) is 0.478. The van der Waals surface area contributed by atoms with Gasteiger partial charge < -0.3 is 18.9 Å². The molecule has 0 unspecified atom stereocenters. The molecule has 8 amide bonds. The van der Waals surface area contributed by atoms with E-state index in [2.05, 4.69) is 14.5 Å². The lowest BCUT2D eigenvalue weighted by molar-refractivity contribution is -0.165. The third kappa shape index (κ3) is 17.6. The van der Waals surface area contributed by atoms with Gasteiger partial charge in [-0.1, -0.05) is 55.4 Å². The van der Waals surface area contributed by atoms with E-state index in [1.807, 2.05) is 18.2 Å². The standard InChI is InChI=1S/C69H72N12O16/c1-37(82)78(38(2)83)54-24-65(9,10)20-45(49(54)28-70)52(31-73)61(90)94-33-69(34-95-62(91)53(32-74)46-21-66(11,12)25-55(50(46)29-71)79(39(3)84)40(4)85,35-96-63(92)59(76-18)47-22-67(13,14)26-56(51(47)30-72)80(41(5)86)42(6)87)36-97-64(93)60(77-19)48-23-68(15,16)27-57(58(48)75-17)81(43(7)88)44(8)89/h20-27,33-36H2,1-16H3/b52-45+,53-46+,59-47+,60-48-. The molecular weight excluding hydrogens is 1250 g/mol. The number of allylic oxidation sites excluding steroid dienone is 11. The molecule has 0 heterocycles. The van der Waals surface area contributed by atoms with Crippen molar-refractivity contribution < 1.29 is 76.5 Å². The van der Waals surface area contributed by atoms with Crippen molar-refractivity contribution in [1.29, 1.82) is 26.3 Å². The first kappa shape index (κ1) is 77.7. The molecule has 4 rings (SSSR count). The molecule has 28 heteroatoms. The van der Waals surface area contributed by atoms with Gasteiger partial charge in [0.2, 0.25) is 47.3 Å². The summed E-state index contributed by atoms with van der Waals surface area (Å²) in [6.45, 7) is 41.0. The van der Waals surface area contributed by atoms with Crippen LogP contribution in [0.25, 0.3) is 14.5 Å². The zero-order valence-electron chi connectivity index (χ0n) is 56.9. The summed E-state index contributed by atoms with van der Waals surface area (Å²) >= 11 is 0. The van der Waals surface area contributed by atoms with E-state index in [0.29, 0.717) is 19.6 Å². The van der Waals surface area contributed by atoms with E-state index < -0.39 is 170 Å². The summed E-state index contributed by atoms with van der Waals surface area (Å²) in [4.78, 5) is 176. The summed E-state index contributed by atoms with van der Waals surface area (Å²) in [5.41, 5.74) is -14.0.